The molecule has 2 saturated carbocycles. The van der Waals surface area contributed by atoms with Gasteiger partial charge in [-0.25, -0.2) is 0 Å². The highest BCUT2D eigenvalue weighted by molar-refractivity contribution is 5.90. The second-order valence-electron chi connectivity index (χ2n) is 8.22. The van der Waals surface area contributed by atoms with Gasteiger partial charge in [-0.05, 0) is 56.2 Å². The fourth-order valence-corrected chi connectivity index (χ4v) is 4.58. The molecule has 1 aromatic carbocycles. The van der Waals surface area contributed by atoms with Gasteiger partial charge in [0.1, 0.15) is 11.8 Å². The number of carbonyl (C=O) groups excluding carboxylic acids is 2. The first-order chi connectivity index (χ1) is 13.7. The van der Waals surface area contributed by atoms with Crippen LogP contribution in [-0.2, 0) is 20.9 Å². The zero-order valence-corrected chi connectivity index (χ0v) is 15.9. The number of hydrogen-bond donors (Lipinski definition) is 1. The number of fused-ring (bicyclic) bond motifs is 1. The molecule has 3 fully saturated rings. The molecular weight excluding hydrogens is 360 g/mol. The van der Waals surface area contributed by atoms with Gasteiger partial charge >= 0.3 is 0 Å². The monoisotopic (exact) mass is 386 g/mol. The topological polar surface area (TPSA) is 77.1 Å². The van der Waals surface area contributed by atoms with E-state index in [9.17, 15) is 9.59 Å². The Labute approximate surface area is 164 Å². The number of amides is 2. The van der Waals surface area contributed by atoms with Crippen LogP contribution in [0.5, 0.6) is 11.5 Å². The Hall–Kier alpha value is -2.28. The van der Waals surface area contributed by atoms with Crippen LogP contribution in [0, 0.1) is 5.92 Å². The molecule has 0 bridgehead atoms. The molecule has 4 aliphatic rings. The van der Waals surface area contributed by atoms with E-state index in [1.54, 1.807) is 4.90 Å². The Morgan fingerprint density at radius 2 is 1.89 bits per heavy atom. The summed E-state index contributed by atoms with van der Waals surface area (Å²) in [5, 5.41) is 2.99. The second-order valence-corrected chi connectivity index (χ2v) is 8.22. The van der Waals surface area contributed by atoms with Gasteiger partial charge in [-0.1, -0.05) is 12.5 Å². The lowest BCUT2D eigenvalue weighted by Crippen LogP contribution is -2.56. The summed E-state index contributed by atoms with van der Waals surface area (Å²) in [4.78, 5) is 27.8. The van der Waals surface area contributed by atoms with Crippen molar-refractivity contribution in [2.24, 2.45) is 5.92 Å². The van der Waals surface area contributed by atoms with E-state index in [1.165, 1.54) is 0 Å². The van der Waals surface area contributed by atoms with Gasteiger partial charge in [0.15, 0.2) is 11.5 Å². The zero-order valence-electron chi connectivity index (χ0n) is 15.9. The molecule has 1 N–H and O–H groups in total. The van der Waals surface area contributed by atoms with Crippen molar-refractivity contribution in [2.45, 2.75) is 63.3 Å². The number of ether oxygens (including phenoxy) is 3. The maximum atomic E-state index is 13.0. The van der Waals surface area contributed by atoms with Gasteiger partial charge in [-0.3, -0.25) is 14.5 Å². The molecule has 5 rings (SSSR count). The first kappa shape index (κ1) is 17.8. The SMILES string of the molecule is O=C(NCc1ccc2c(c1)OCO2)C1COC2(CCCCC2)N1C(=O)C1CC1. The van der Waals surface area contributed by atoms with Crippen LogP contribution in [-0.4, -0.2) is 41.9 Å². The van der Waals surface area contributed by atoms with E-state index in [0.717, 1.165) is 56.3 Å². The normalized spacial score (nSPS) is 25.1. The number of hydrogen-bond acceptors (Lipinski definition) is 5. The summed E-state index contributed by atoms with van der Waals surface area (Å²) < 4.78 is 16.9. The minimum Gasteiger partial charge on any atom is -0.454 e. The molecule has 0 aromatic heterocycles. The number of benzene rings is 1. The molecule has 0 radical (unpaired) electrons. The highest BCUT2D eigenvalue weighted by Gasteiger charge is 2.54. The standard InChI is InChI=1S/C21H26N2O5/c24-19(22-11-14-4-7-17-18(10-14)27-13-26-17)16-12-28-21(8-2-1-3-9-21)23(16)20(25)15-5-6-15/h4,7,10,15-16H,1-3,5-6,8-9,11-13H2,(H,22,24). The maximum absolute atomic E-state index is 13.0. The summed E-state index contributed by atoms with van der Waals surface area (Å²) in [6.07, 6.45) is 6.76. The van der Waals surface area contributed by atoms with Gasteiger partial charge < -0.3 is 19.5 Å². The number of carbonyl (C=O) groups is 2. The van der Waals surface area contributed by atoms with E-state index in [1.807, 2.05) is 18.2 Å². The van der Waals surface area contributed by atoms with Gasteiger partial charge in [0.2, 0.25) is 18.6 Å². The molecule has 150 valence electrons. The smallest absolute Gasteiger partial charge is 0.245 e. The van der Waals surface area contributed by atoms with E-state index in [2.05, 4.69) is 5.32 Å². The molecule has 7 nitrogen and oxygen atoms in total. The number of nitrogens with one attached hydrogen (secondary N) is 1. The van der Waals surface area contributed by atoms with Crippen LogP contribution in [0.4, 0.5) is 0 Å². The highest BCUT2D eigenvalue weighted by atomic mass is 16.7. The van der Waals surface area contributed by atoms with Crippen molar-refractivity contribution in [1.29, 1.82) is 0 Å². The van der Waals surface area contributed by atoms with Gasteiger partial charge in [-0.15, -0.1) is 0 Å². The average Bonchev–Trinajstić information content (AvgIpc) is 3.37. The molecule has 2 heterocycles. The highest BCUT2D eigenvalue weighted by Crippen LogP contribution is 2.44. The molecule has 28 heavy (non-hydrogen) atoms. The molecule has 7 heteroatoms. The maximum Gasteiger partial charge on any atom is 0.245 e. The third kappa shape index (κ3) is 3.11. The fourth-order valence-electron chi connectivity index (χ4n) is 4.58. The van der Waals surface area contributed by atoms with Crippen molar-refractivity contribution in [1.82, 2.24) is 10.2 Å². The van der Waals surface area contributed by atoms with Crippen LogP contribution in [0.3, 0.4) is 0 Å². The van der Waals surface area contributed by atoms with Crippen LogP contribution in [0.2, 0.25) is 0 Å². The third-order valence-corrected chi connectivity index (χ3v) is 6.27. The van der Waals surface area contributed by atoms with E-state index in [-0.39, 0.29) is 31.1 Å². The average molecular weight is 386 g/mol. The molecule has 1 unspecified atom stereocenters. The van der Waals surface area contributed by atoms with E-state index in [0.29, 0.717) is 12.3 Å². The second kappa shape index (κ2) is 6.95. The van der Waals surface area contributed by atoms with Crippen LogP contribution < -0.4 is 14.8 Å². The minimum atomic E-state index is -0.571. The minimum absolute atomic E-state index is 0.0738. The first-order valence-electron chi connectivity index (χ1n) is 10.3. The van der Waals surface area contributed by atoms with Gasteiger partial charge in [0.25, 0.3) is 0 Å². The molecule has 1 atom stereocenters. The molecule has 2 aliphatic heterocycles. The van der Waals surface area contributed by atoms with Gasteiger partial charge in [0.05, 0.1) is 6.61 Å². The Kier molecular flexibility index (Phi) is 4.42. The van der Waals surface area contributed by atoms with Crippen LogP contribution in [0.25, 0.3) is 0 Å². The van der Waals surface area contributed by atoms with E-state index in [4.69, 9.17) is 14.2 Å². The Morgan fingerprint density at radius 3 is 2.68 bits per heavy atom. The lowest BCUT2D eigenvalue weighted by atomic mass is 9.90. The molecule has 2 amide bonds. The summed E-state index contributed by atoms with van der Waals surface area (Å²) >= 11 is 0. The first-order valence-corrected chi connectivity index (χ1v) is 10.3. The van der Waals surface area contributed by atoms with Gasteiger partial charge in [0, 0.05) is 12.5 Å². The Balaban J connectivity index is 1.29. The van der Waals surface area contributed by atoms with E-state index >= 15 is 0 Å². The van der Waals surface area contributed by atoms with Crippen LogP contribution in [0.1, 0.15) is 50.5 Å². The quantitative estimate of drug-likeness (QED) is 0.859. The zero-order chi connectivity index (χ0) is 19.1. The van der Waals surface area contributed by atoms with Crippen molar-refractivity contribution in [3.8, 4) is 11.5 Å². The van der Waals surface area contributed by atoms with Crippen molar-refractivity contribution in [3.63, 3.8) is 0 Å². The van der Waals surface area contributed by atoms with Gasteiger partial charge in [-0.2, -0.15) is 0 Å². The van der Waals surface area contributed by atoms with Crippen LogP contribution in [0.15, 0.2) is 18.2 Å². The molecule has 2 aliphatic carbocycles. The third-order valence-electron chi connectivity index (χ3n) is 6.27. The molecular formula is C21H26N2O5. The molecule has 1 aromatic rings. The summed E-state index contributed by atoms with van der Waals surface area (Å²) in [5.74, 6) is 1.45. The summed E-state index contributed by atoms with van der Waals surface area (Å²) in [6.45, 7) is 0.890. The van der Waals surface area contributed by atoms with Crippen molar-refractivity contribution in [3.05, 3.63) is 23.8 Å². The lowest BCUT2D eigenvalue weighted by Gasteiger charge is -2.41. The fraction of sp³-hybridized carbons (Fsp3) is 0.619. The van der Waals surface area contributed by atoms with E-state index < -0.39 is 11.8 Å². The van der Waals surface area contributed by atoms with Crippen molar-refractivity contribution in [2.75, 3.05) is 13.4 Å². The largest absolute Gasteiger partial charge is 0.454 e. The summed E-state index contributed by atoms with van der Waals surface area (Å²) in [7, 11) is 0. The molecule has 1 spiro atoms. The Bertz CT molecular complexity index is 785. The lowest BCUT2D eigenvalue weighted by molar-refractivity contribution is -0.161. The Morgan fingerprint density at radius 1 is 1.11 bits per heavy atom. The predicted molar refractivity (Wildman–Crippen MR) is 99.5 cm³/mol. The summed E-state index contributed by atoms with van der Waals surface area (Å²) in [5.41, 5.74) is 0.363. The summed E-state index contributed by atoms with van der Waals surface area (Å²) in [6, 6.07) is 5.10. The number of rotatable bonds is 4. The van der Waals surface area contributed by atoms with Crippen molar-refractivity contribution >= 4 is 11.8 Å². The van der Waals surface area contributed by atoms with Crippen molar-refractivity contribution < 1.29 is 23.8 Å². The number of nitrogens with zero attached hydrogens (tertiary/aromatic N) is 1. The predicted octanol–water partition coefficient (Wildman–Crippen LogP) is 2.33. The molecule has 1 saturated heterocycles. The van der Waals surface area contributed by atoms with Crippen LogP contribution >= 0.6 is 0 Å².